The number of rotatable bonds is 7. The molecule has 3 aromatic rings. The fourth-order valence-corrected chi connectivity index (χ4v) is 2.85. The minimum Gasteiger partial charge on any atom is -0.411 e. The summed E-state index contributed by atoms with van der Waals surface area (Å²) in [5.74, 6) is 0.0719. The second-order valence-electron chi connectivity index (χ2n) is 5.57. The van der Waals surface area contributed by atoms with Crippen molar-refractivity contribution in [1.29, 1.82) is 0 Å². The van der Waals surface area contributed by atoms with Gasteiger partial charge in [0.25, 0.3) is 10.9 Å². The van der Waals surface area contributed by atoms with Gasteiger partial charge < -0.3 is 9.73 Å². The van der Waals surface area contributed by atoms with Crippen molar-refractivity contribution < 1.29 is 14.1 Å². The van der Waals surface area contributed by atoms with E-state index in [2.05, 4.69) is 22.4 Å². The molecule has 27 heavy (non-hydrogen) atoms. The molecule has 0 saturated heterocycles. The van der Waals surface area contributed by atoms with Gasteiger partial charge in [-0.3, -0.25) is 14.9 Å². The van der Waals surface area contributed by atoms with Crippen LogP contribution >= 0.6 is 11.8 Å². The molecule has 1 amide bonds. The zero-order chi connectivity index (χ0) is 19.2. The molecule has 0 aliphatic heterocycles. The number of hydrogen-bond donors (Lipinski definition) is 1. The van der Waals surface area contributed by atoms with E-state index in [9.17, 15) is 14.9 Å². The number of hydrogen-bond acceptors (Lipinski definition) is 7. The average Bonchev–Trinajstić information content (AvgIpc) is 3.16. The first-order valence-corrected chi connectivity index (χ1v) is 9.13. The molecule has 0 aliphatic rings. The highest BCUT2D eigenvalue weighted by molar-refractivity contribution is 7.99. The van der Waals surface area contributed by atoms with Crippen molar-refractivity contribution in [3.63, 3.8) is 0 Å². The van der Waals surface area contributed by atoms with Crippen molar-refractivity contribution >= 4 is 29.0 Å². The Hall–Kier alpha value is -3.20. The summed E-state index contributed by atoms with van der Waals surface area (Å²) in [5.41, 5.74) is 2.31. The number of non-ortho nitro benzene ring substituents is 1. The van der Waals surface area contributed by atoms with Gasteiger partial charge in [-0.1, -0.05) is 36.9 Å². The highest BCUT2D eigenvalue weighted by Gasteiger charge is 2.14. The number of nitro groups is 1. The Morgan fingerprint density at radius 3 is 2.70 bits per heavy atom. The molecule has 1 heterocycles. The zero-order valence-electron chi connectivity index (χ0n) is 14.4. The molecule has 3 rings (SSSR count). The van der Waals surface area contributed by atoms with Gasteiger partial charge in [-0.2, -0.15) is 0 Å². The molecule has 1 aromatic heterocycles. The number of nitrogens with one attached hydrogen (secondary N) is 1. The van der Waals surface area contributed by atoms with Crippen LogP contribution in [-0.4, -0.2) is 26.8 Å². The summed E-state index contributed by atoms with van der Waals surface area (Å²) in [6.07, 6.45) is 0.939. The van der Waals surface area contributed by atoms with Crippen LogP contribution in [0.15, 0.2) is 58.2 Å². The summed E-state index contributed by atoms with van der Waals surface area (Å²) >= 11 is 1.10. The van der Waals surface area contributed by atoms with Crippen LogP contribution in [0.4, 0.5) is 11.4 Å². The van der Waals surface area contributed by atoms with E-state index in [0.29, 0.717) is 5.56 Å². The highest BCUT2D eigenvalue weighted by atomic mass is 32.2. The molecular formula is C18H16N4O4S. The van der Waals surface area contributed by atoms with Gasteiger partial charge in [-0.15, -0.1) is 10.2 Å². The maximum absolute atomic E-state index is 12.0. The standard InChI is InChI=1S/C18H16N4O4S/c1-2-12-6-8-14(9-7-12)19-16(23)11-27-18-21-20-17(26-18)13-4-3-5-15(10-13)22(24)25/h3-10H,2,11H2,1H3,(H,19,23). The van der Waals surface area contributed by atoms with Crippen molar-refractivity contribution in [1.82, 2.24) is 10.2 Å². The van der Waals surface area contributed by atoms with Crippen molar-refractivity contribution in [2.75, 3.05) is 11.1 Å². The second-order valence-corrected chi connectivity index (χ2v) is 6.49. The van der Waals surface area contributed by atoms with Gasteiger partial charge in [0.05, 0.1) is 10.7 Å². The van der Waals surface area contributed by atoms with Crippen molar-refractivity contribution in [2.24, 2.45) is 0 Å². The number of anilines is 1. The fraction of sp³-hybridized carbons (Fsp3) is 0.167. The highest BCUT2D eigenvalue weighted by Crippen LogP contribution is 2.26. The quantitative estimate of drug-likeness (QED) is 0.373. The normalized spacial score (nSPS) is 10.6. The van der Waals surface area contributed by atoms with Crippen LogP contribution in [0.5, 0.6) is 0 Å². The van der Waals surface area contributed by atoms with E-state index in [-0.39, 0.29) is 28.5 Å². The van der Waals surface area contributed by atoms with Gasteiger partial charge in [0, 0.05) is 23.4 Å². The summed E-state index contributed by atoms with van der Waals surface area (Å²) < 4.78 is 5.47. The molecular weight excluding hydrogens is 368 g/mol. The first-order chi connectivity index (χ1) is 13.0. The summed E-state index contributed by atoms with van der Waals surface area (Å²) in [5, 5.41) is 21.6. The van der Waals surface area contributed by atoms with E-state index in [1.165, 1.54) is 17.7 Å². The molecule has 0 bridgehead atoms. The van der Waals surface area contributed by atoms with Gasteiger partial charge in [0.1, 0.15) is 0 Å². The lowest BCUT2D eigenvalue weighted by atomic mass is 10.1. The predicted molar refractivity (Wildman–Crippen MR) is 102 cm³/mol. The average molecular weight is 384 g/mol. The minimum atomic E-state index is -0.493. The largest absolute Gasteiger partial charge is 0.411 e. The Labute approximate surface area is 159 Å². The summed E-state index contributed by atoms with van der Waals surface area (Å²) in [4.78, 5) is 22.4. The van der Waals surface area contributed by atoms with Crippen molar-refractivity contribution in [3.05, 3.63) is 64.2 Å². The van der Waals surface area contributed by atoms with Crippen LogP contribution in [0.25, 0.3) is 11.5 Å². The Morgan fingerprint density at radius 2 is 2.00 bits per heavy atom. The number of nitro benzene ring substituents is 1. The topological polar surface area (TPSA) is 111 Å². The number of nitrogens with zero attached hydrogens (tertiary/aromatic N) is 3. The first-order valence-electron chi connectivity index (χ1n) is 8.15. The molecule has 8 nitrogen and oxygen atoms in total. The fourth-order valence-electron chi connectivity index (χ4n) is 2.29. The lowest BCUT2D eigenvalue weighted by Gasteiger charge is -2.04. The summed E-state index contributed by atoms with van der Waals surface area (Å²) in [7, 11) is 0. The number of amides is 1. The molecule has 0 fully saturated rings. The van der Waals surface area contributed by atoms with Gasteiger partial charge in [-0.25, -0.2) is 0 Å². The zero-order valence-corrected chi connectivity index (χ0v) is 15.2. The molecule has 138 valence electrons. The van der Waals surface area contributed by atoms with Crippen LogP contribution in [0, 0.1) is 10.1 Å². The monoisotopic (exact) mass is 384 g/mol. The summed E-state index contributed by atoms with van der Waals surface area (Å²) in [6, 6.07) is 13.6. The van der Waals surface area contributed by atoms with Gasteiger partial charge >= 0.3 is 0 Å². The third kappa shape index (κ3) is 4.91. The Bertz CT molecular complexity index is 956. The number of aryl methyl sites for hydroxylation is 1. The lowest BCUT2D eigenvalue weighted by Crippen LogP contribution is -2.13. The van der Waals surface area contributed by atoms with Crippen LogP contribution in [0.2, 0.25) is 0 Å². The lowest BCUT2D eigenvalue weighted by molar-refractivity contribution is -0.384. The van der Waals surface area contributed by atoms with Gasteiger partial charge in [-0.05, 0) is 30.2 Å². The molecule has 9 heteroatoms. The molecule has 0 atom stereocenters. The van der Waals surface area contributed by atoms with Crippen LogP contribution < -0.4 is 5.32 Å². The third-order valence-corrected chi connectivity index (χ3v) is 4.50. The number of carbonyl (C=O) groups excluding carboxylic acids is 1. The van der Waals surface area contributed by atoms with E-state index in [1.807, 2.05) is 24.3 Å². The van der Waals surface area contributed by atoms with E-state index < -0.39 is 4.92 Å². The molecule has 2 aromatic carbocycles. The second kappa shape index (κ2) is 8.45. The predicted octanol–water partition coefficient (Wildman–Crippen LogP) is 3.94. The number of carbonyl (C=O) groups is 1. The third-order valence-electron chi connectivity index (χ3n) is 3.68. The Kier molecular flexibility index (Phi) is 5.82. The number of aromatic nitrogens is 2. The van der Waals surface area contributed by atoms with Crippen molar-refractivity contribution in [2.45, 2.75) is 18.6 Å². The Morgan fingerprint density at radius 1 is 1.22 bits per heavy atom. The Balaban J connectivity index is 1.58. The van der Waals surface area contributed by atoms with E-state index >= 15 is 0 Å². The van der Waals surface area contributed by atoms with Crippen LogP contribution in [-0.2, 0) is 11.2 Å². The van der Waals surface area contributed by atoms with E-state index in [0.717, 1.165) is 23.9 Å². The molecule has 0 radical (unpaired) electrons. The van der Waals surface area contributed by atoms with Gasteiger partial charge in [0.15, 0.2) is 0 Å². The molecule has 0 saturated carbocycles. The van der Waals surface area contributed by atoms with E-state index in [1.54, 1.807) is 12.1 Å². The maximum atomic E-state index is 12.0. The van der Waals surface area contributed by atoms with Crippen LogP contribution in [0.3, 0.4) is 0 Å². The summed E-state index contributed by atoms with van der Waals surface area (Å²) in [6.45, 7) is 2.07. The van der Waals surface area contributed by atoms with Crippen molar-refractivity contribution in [3.8, 4) is 11.5 Å². The van der Waals surface area contributed by atoms with Crippen LogP contribution in [0.1, 0.15) is 12.5 Å². The first kappa shape index (κ1) is 18.6. The molecule has 1 N–H and O–H groups in total. The minimum absolute atomic E-state index is 0.0617. The molecule has 0 aliphatic carbocycles. The number of benzene rings is 2. The smallest absolute Gasteiger partial charge is 0.277 e. The molecule has 0 spiro atoms. The van der Waals surface area contributed by atoms with Gasteiger partial charge in [0.2, 0.25) is 11.8 Å². The SMILES string of the molecule is CCc1ccc(NC(=O)CSc2nnc(-c3cccc([N+](=O)[O-])c3)o2)cc1. The number of thioether (sulfide) groups is 1. The maximum Gasteiger partial charge on any atom is 0.277 e. The van der Waals surface area contributed by atoms with E-state index in [4.69, 9.17) is 4.42 Å². The molecule has 0 unspecified atom stereocenters.